The molecule has 2 fully saturated rings. The highest BCUT2D eigenvalue weighted by atomic mass is 16.2. The molecule has 3 nitrogen and oxygen atoms in total. The van der Waals surface area contributed by atoms with Gasteiger partial charge in [0.05, 0.1) is 0 Å². The van der Waals surface area contributed by atoms with Crippen LogP contribution in [-0.2, 0) is 11.2 Å². The van der Waals surface area contributed by atoms with E-state index in [2.05, 4.69) is 24.0 Å². The Morgan fingerprint density at radius 1 is 1.30 bits per heavy atom. The molecule has 0 unspecified atom stereocenters. The Balaban J connectivity index is 1.53. The molecule has 1 spiro atoms. The minimum atomic E-state index is 0.279. The fourth-order valence-corrected chi connectivity index (χ4v) is 3.94. The summed E-state index contributed by atoms with van der Waals surface area (Å²) in [5, 5.41) is 0. The predicted octanol–water partition coefficient (Wildman–Crippen LogP) is 3.01. The van der Waals surface area contributed by atoms with Gasteiger partial charge in [0.1, 0.15) is 0 Å². The summed E-state index contributed by atoms with van der Waals surface area (Å²) in [4.78, 5) is 18.2. The number of amides is 1. The number of aryl methyl sites for hydroxylation is 1. The van der Waals surface area contributed by atoms with Gasteiger partial charge in [-0.05, 0) is 49.1 Å². The van der Waals surface area contributed by atoms with Crippen molar-refractivity contribution in [2.75, 3.05) is 14.1 Å². The largest absolute Gasteiger partial charge is 0.349 e. The molecule has 0 bridgehead atoms. The molecular weight excluding hydrogens is 248 g/mol. The average molecular weight is 272 g/mol. The number of nitrogens with zero attached hydrogens (tertiary/aromatic N) is 2. The summed E-state index contributed by atoms with van der Waals surface area (Å²) in [7, 11) is 3.71. The van der Waals surface area contributed by atoms with E-state index in [4.69, 9.17) is 0 Å². The van der Waals surface area contributed by atoms with Crippen molar-refractivity contribution in [3.63, 3.8) is 0 Å². The molecule has 1 aromatic heterocycles. The Morgan fingerprint density at radius 2 is 2.00 bits per heavy atom. The van der Waals surface area contributed by atoms with Gasteiger partial charge in [-0.25, -0.2) is 0 Å². The third kappa shape index (κ3) is 2.23. The van der Waals surface area contributed by atoms with E-state index in [1.807, 2.05) is 20.3 Å². The molecule has 0 aliphatic heterocycles. The van der Waals surface area contributed by atoms with Crippen LogP contribution in [0.2, 0.25) is 0 Å². The Bertz CT molecular complexity index is 492. The SMILES string of the molecule is CCc1ccc(C2CC3(CC(C(=O)N(C)C)C3)C2)nc1. The minimum absolute atomic E-state index is 0.279. The maximum Gasteiger partial charge on any atom is 0.225 e. The van der Waals surface area contributed by atoms with E-state index in [1.54, 1.807) is 4.90 Å². The summed E-state index contributed by atoms with van der Waals surface area (Å²) in [5.41, 5.74) is 3.02. The maximum atomic E-state index is 11.9. The molecule has 3 heteroatoms. The number of aromatic nitrogens is 1. The highest BCUT2D eigenvalue weighted by Gasteiger charge is 2.55. The third-order valence-electron chi connectivity index (χ3n) is 5.18. The zero-order chi connectivity index (χ0) is 14.3. The zero-order valence-electron chi connectivity index (χ0n) is 12.7. The van der Waals surface area contributed by atoms with Crippen molar-refractivity contribution < 1.29 is 4.79 Å². The smallest absolute Gasteiger partial charge is 0.225 e. The topological polar surface area (TPSA) is 33.2 Å². The standard InChI is InChI=1S/C17H24N2O/c1-4-12-5-6-15(18-11-12)13-7-17(8-13)9-14(10-17)16(20)19(2)3/h5-6,11,13-14H,4,7-10H2,1-3H3. The molecule has 20 heavy (non-hydrogen) atoms. The lowest BCUT2D eigenvalue weighted by Crippen LogP contribution is -2.51. The molecule has 2 aliphatic rings. The van der Waals surface area contributed by atoms with E-state index in [0.717, 1.165) is 19.3 Å². The Kier molecular flexibility index (Phi) is 3.31. The maximum absolute atomic E-state index is 11.9. The lowest BCUT2D eigenvalue weighted by molar-refractivity contribution is -0.146. The Hall–Kier alpha value is -1.38. The van der Waals surface area contributed by atoms with Crippen molar-refractivity contribution in [3.8, 4) is 0 Å². The van der Waals surface area contributed by atoms with E-state index < -0.39 is 0 Å². The van der Waals surface area contributed by atoms with E-state index in [0.29, 0.717) is 17.2 Å². The van der Waals surface area contributed by atoms with Crippen molar-refractivity contribution in [3.05, 3.63) is 29.6 Å². The number of carbonyl (C=O) groups is 1. The van der Waals surface area contributed by atoms with E-state index in [9.17, 15) is 4.79 Å². The summed E-state index contributed by atoms with van der Waals surface area (Å²) in [6.07, 6.45) is 7.70. The second-order valence-corrected chi connectivity index (χ2v) is 6.89. The lowest BCUT2D eigenvalue weighted by Gasteiger charge is -2.57. The number of hydrogen-bond donors (Lipinski definition) is 0. The van der Waals surface area contributed by atoms with Crippen LogP contribution in [0.5, 0.6) is 0 Å². The summed E-state index contributed by atoms with van der Waals surface area (Å²) in [6, 6.07) is 4.39. The number of pyridine rings is 1. The highest BCUT2D eigenvalue weighted by Crippen LogP contribution is 2.63. The van der Waals surface area contributed by atoms with E-state index >= 15 is 0 Å². The lowest BCUT2D eigenvalue weighted by atomic mass is 9.47. The van der Waals surface area contributed by atoms with Gasteiger partial charge < -0.3 is 4.90 Å². The summed E-state index contributed by atoms with van der Waals surface area (Å²) < 4.78 is 0. The molecule has 2 saturated carbocycles. The van der Waals surface area contributed by atoms with E-state index in [1.165, 1.54) is 24.1 Å². The summed E-state index contributed by atoms with van der Waals surface area (Å²) >= 11 is 0. The van der Waals surface area contributed by atoms with E-state index in [-0.39, 0.29) is 5.92 Å². The van der Waals surface area contributed by atoms with Crippen LogP contribution in [0.3, 0.4) is 0 Å². The van der Waals surface area contributed by atoms with Gasteiger partial charge >= 0.3 is 0 Å². The first-order valence-corrected chi connectivity index (χ1v) is 7.69. The first-order valence-electron chi connectivity index (χ1n) is 7.69. The normalized spacial score (nSPS) is 31.6. The van der Waals surface area contributed by atoms with Gasteiger partial charge in [-0.3, -0.25) is 9.78 Å². The number of rotatable bonds is 3. The van der Waals surface area contributed by atoms with Gasteiger partial charge in [0.25, 0.3) is 0 Å². The third-order valence-corrected chi connectivity index (χ3v) is 5.18. The second kappa shape index (κ2) is 4.87. The van der Waals surface area contributed by atoms with Crippen LogP contribution < -0.4 is 0 Å². The van der Waals surface area contributed by atoms with Gasteiger partial charge in [0.2, 0.25) is 5.91 Å². The van der Waals surface area contributed by atoms with Crippen molar-refractivity contribution in [1.29, 1.82) is 0 Å². The quantitative estimate of drug-likeness (QED) is 0.847. The van der Waals surface area contributed by atoms with Gasteiger partial charge in [-0.1, -0.05) is 13.0 Å². The zero-order valence-corrected chi connectivity index (χ0v) is 12.7. The minimum Gasteiger partial charge on any atom is -0.349 e. The molecule has 3 rings (SSSR count). The van der Waals surface area contributed by atoms with Crippen LogP contribution in [0.15, 0.2) is 18.3 Å². The molecule has 2 aliphatic carbocycles. The van der Waals surface area contributed by atoms with Crippen molar-refractivity contribution in [2.45, 2.75) is 44.9 Å². The molecule has 0 N–H and O–H groups in total. The molecular formula is C17H24N2O. The van der Waals surface area contributed by atoms with Gasteiger partial charge in [0, 0.05) is 37.8 Å². The summed E-state index contributed by atoms with van der Waals surface area (Å²) in [6.45, 7) is 2.16. The average Bonchev–Trinajstić information content (AvgIpc) is 2.35. The van der Waals surface area contributed by atoms with Crippen LogP contribution in [0, 0.1) is 11.3 Å². The van der Waals surface area contributed by atoms with Crippen molar-refractivity contribution in [1.82, 2.24) is 9.88 Å². The molecule has 1 aromatic rings. The van der Waals surface area contributed by atoms with Crippen LogP contribution in [0.1, 0.15) is 49.8 Å². The molecule has 108 valence electrons. The summed E-state index contributed by atoms with van der Waals surface area (Å²) in [5.74, 6) is 1.21. The Labute approximate surface area is 121 Å². The molecule has 1 amide bonds. The fourth-order valence-electron chi connectivity index (χ4n) is 3.94. The van der Waals surface area contributed by atoms with Gasteiger partial charge in [-0.2, -0.15) is 0 Å². The first kappa shape index (κ1) is 13.6. The van der Waals surface area contributed by atoms with Crippen LogP contribution in [0.4, 0.5) is 0 Å². The second-order valence-electron chi connectivity index (χ2n) is 6.89. The molecule has 0 radical (unpaired) electrons. The number of carbonyl (C=O) groups excluding carboxylic acids is 1. The fraction of sp³-hybridized carbons (Fsp3) is 0.647. The van der Waals surface area contributed by atoms with Gasteiger partial charge in [0.15, 0.2) is 0 Å². The molecule has 1 heterocycles. The van der Waals surface area contributed by atoms with Crippen molar-refractivity contribution >= 4 is 5.91 Å². The van der Waals surface area contributed by atoms with Gasteiger partial charge in [-0.15, -0.1) is 0 Å². The monoisotopic (exact) mass is 272 g/mol. The van der Waals surface area contributed by atoms with Crippen LogP contribution in [0.25, 0.3) is 0 Å². The van der Waals surface area contributed by atoms with Crippen LogP contribution in [-0.4, -0.2) is 29.9 Å². The highest BCUT2D eigenvalue weighted by molar-refractivity contribution is 5.79. The first-order chi connectivity index (χ1) is 9.53. The van der Waals surface area contributed by atoms with Crippen molar-refractivity contribution in [2.24, 2.45) is 11.3 Å². The van der Waals surface area contributed by atoms with Crippen LogP contribution >= 0.6 is 0 Å². The molecule has 0 saturated heterocycles. The molecule has 0 aromatic carbocycles. The predicted molar refractivity (Wildman–Crippen MR) is 79.4 cm³/mol. The number of hydrogen-bond acceptors (Lipinski definition) is 2. The molecule has 0 atom stereocenters. The Morgan fingerprint density at radius 3 is 2.50 bits per heavy atom.